The predicted molar refractivity (Wildman–Crippen MR) is 143 cm³/mol. The van der Waals surface area contributed by atoms with Gasteiger partial charge in [-0.1, -0.05) is 28.1 Å². The van der Waals surface area contributed by atoms with E-state index in [-0.39, 0.29) is 39.7 Å². The number of anilines is 1. The van der Waals surface area contributed by atoms with E-state index >= 15 is 0 Å². The van der Waals surface area contributed by atoms with Crippen molar-refractivity contribution in [3.8, 4) is 0 Å². The highest BCUT2D eigenvalue weighted by Gasteiger charge is 2.55. The number of rotatable bonds is 8. The highest BCUT2D eigenvalue weighted by Crippen LogP contribution is 2.40. The fraction of sp³-hybridized carbons (Fsp3) is 0.304. The van der Waals surface area contributed by atoms with Crippen LogP contribution in [0.5, 0.6) is 0 Å². The summed E-state index contributed by atoms with van der Waals surface area (Å²) >= 11 is 8.43. The lowest BCUT2D eigenvalue weighted by atomic mass is 10.0. The van der Waals surface area contributed by atoms with Crippen LogP contribution < -0.4 is 15.6 Å². The van der Waals surface area contributed by atoms with Gasteiger partial charge >= 0.3 is 5.97 Å². The zero-order valence-corrected chi connectivity index (χ0v) is 23.0. The van der Waals surface area contributed by atoms with Crippen molar-refractivity contribution in [2.24, 2.45) is 5.16 Å². The Morgan fingerprint density at radius 2 is 2.18 bits per heavy atom. The molecule has 5 N–H and O–H groups in total. The zero-order chi connectivity index (χ0) is 28.0. The smallest absolute Gasteiger partial charge is 0.352 e. The number of aromatic nitrogens is 3. The average molecular weight is 593 g/mol. The molecule has 2 amide bonds. The molecule has 3 aromatic rings. The second kappa shape index (κ2) is 10.5. The van der Waals surface area contributed by atoms with Crippen LogP contribution in [0.25, 0.3) is 5.52 Å². The molecule has 0 aliphatic carbocycles. The van der Waals surface area contributed by atoms with Crippen molar-refractivity contribution in [1.82, 2.24) is 19.6 Å². The first-order chi connectivity index (χ1) is 18.7. The fourth-order valence-corrected chi connectivity index (χ4v) is 6.90. The number of carboxylic acids is 1. The quantitative estimate of drug-likeness (QED) is 0.126. The molecule has 0 bridgehead atoms. The molecule has 2 aliphatic heterocycles. The van der Waals surface area contributed by atoms with Crippen molar-refractivity contribution < 1.29 is 34.0 Å². The summed E-state index contributed by atoms with van der Waals surface area (Å²) in [6.07, 6.45) is 3.61. The summed E-state index contributed by atoms with van der Waals surface area (Å²) in [6, 6.07) is 2.72. The van der Waals surface area contributed by atoms with Crippen LogP contribution in [0.3, 0.4) is 0 Å². The molecule has 2 aliphatic rings. The van der Waals surface area contributed by atoms with Gasteiger partial charge in [0.05, 0.1) is 12.8 Å². The van der Waals surface area contributed by atoms with Crippen molar-refractivity contribution in [1.29, 1.82) is 0 Å². The van der Waals surface area contributed by atoms with Crippen LogP contribution in [0.2, 0.25) is 4.34 Å². The number of thioether (sulfide) groups is 1. The van der Waals surface area contributed by atoms with Gasteiger partial charge in [0.1, 0.15) is 39.8 Å². The number of carbonyl (C=O) groups excluding carboxylic acids is 2. The Bertz CT molecular complexity index is 1580. The van der Waals surface area contributed by atoms with Crippen molar-refractivity contribution in [2.45, 2.75) is 31.5 Å². The normalized spacial score (nSPS) is 19.2. The lowest BCUT2D eigenvalue weighted by molar-refractivity contribution is -0.694. The molecule has 13 nitrogen and oxygen atoms in total. The van der Waals surface area contributed by atoms with E-state index in [1.54, 1.807) is 12.4 Å². The van der Waals surface area contributed by atoms with Gasteiger partial charge in [0, 0.05) is 23.9 Å². The number of hydrogen-bond donors (Lipinski definition) is 4. The van der Waals surface area contributed by atoms with Gasteiger partial charge in [0.2, 0.25) is 5.69 Å². The predicted octanol–water partition coefficient (Wildman–Crippen LogP) is 0.509. The molecule has 2 atom stereocenters. The van der Waals surface area contributed by atoms with Crippen LogP contribution in [-0.4, -0.2) is 72.3 Å². The van der Waals surface area contributed by atoms with Gasteiger partial charge in [-0.2, -0.15) is 4.57 Å². The molecule has 3 aromatic heterocycles. The Labute approximate surface area is 234 Å². The zero-order valence-electron chi connectivity index (χ0n) is 20.6. The standard InChI is InChI=1S/C23H22ClN7O6S2/c1-10-13-4-3-12(8-32)30(13)6-5-29(10)7-11-9-38-21-16(20(34)31(21)17(11)22(35)36)26-19(33)15(28-37-2)14-18(24)39-23(25)27-14/h3-6,16,21,32H,7-9H2,1-2H3,(H3-,25,26,27,33,35,36)/p+1/b28-15-/t16-,21-/m1/s1. The first-order valence-corrected chi connectivity index (χ1v) is 13.7. The van der Waals surface area contributed by atoms with Gasteiger partial charge in [-0.05, 0) is 12.1 Å². The number of nitrogens with zero attached hydrogens (tertiary/aromatic N) is 5. The Hall–Kier alpha value is -3.66. The monoisotopic (exact) mass is 592 g/mol. The van der Waals surface area contributed by atoms with Gasteiger partial charge in [0.25, 0.3) is 11.8 Å². The lowest BCUT2D eigenvalue weighted by Gasteiger charge is -2.49. The van der Waals surface area contributed by atoms with E-state index in [1.165, 1.54) is 23.8 Å². The second-order valence-electron chi connectivity index (χ2n) is 8.66. The van der Waals surface area contributed by atoms with Crippen LogP contribution in [0.4, 0.5) is 5.13 Å². The second-order valence-corrected chi connectivity index (χ2v) is 11.4. The molecule has 0 unspecified atom stereocenters. The number of aliphatic hydroxyl groups is 1. The van der Waals surface area contributed by atoms with Crippen LogP contribution >= 0.6 is 34.7 Å². The Kier molecular flexibility index (Phi) is 7.24. The summed E-state index contributed by atoms with van der Waals surface area (Å²) in [4.78, 5) is 48.5. The number of halogens is 1. The third kappa shape index (κ3) is 4.60. The van der Waals surface area contributed by atoms with E-state index < -0.39 is 29.2 Å². The molecule has 5 heterocycles. The minimum Gasteiger partial charge on any atom is -0.477 e. The SMILES string of the molecule is CO/N=C(\C(=O)N[C@@H]1C(=O)N2C(C(=O)O)=C(C[n+]3ccn4c(CO)ccc4c3C)CS[C@H]12)c1nc(N)sc1Cl. The van der Waals surface area contributed by atoms with Crippen LogP contribution in [-0.2, 0) is 32.4 Å². The first kappa shape index (κ1) is 26.9. The molecule has 0 saturated carbocycles. The number of amides is 2. The number of β-lactam (4-membered cyclic amide) rings is 1. The molecule has 1 saturated heterocycles. The van der Waals surface area contributed by atoms with E-state index in [9.17, 15) is 24.6 Å². The molecule has 0 radical (unpaired) electrons. The number of aryl methyl sites for hydroxylation is 1. The number of fused-ring (bicyclic) bond motifs is 2. The molecule has 0 aromatic carbocycles. The topological polar surface area (TPSA) is 176 Å². The molecular weight excluding hydrogens is 570 g/mol. The van der Waals surface area contributed by atoms with Crippen molar-refractivity contribution >= 4 is 68.8 Å². The molecule has 1 fully saturated rings. The van der Waals surface area contributed by atoms with Crippen molar-refractivity contribution in [2.75, 3.05) is 18.6 Å². The summed E-state index contributed by atoms with van der Waals surface area (Å²) in [5, 5.41) is 25.4. The van der Waals surface area contributed by atoms with Gasteiger partial charge < -0.3 is 30.5 Å². The molecule has 204 valence electrons. The van der Waals surface area contributed by atoms with Crippen LogP contribution in [0.1, 0.15) is 17.1 Å². The highest BCUT2D eigenvalue weighted by atomic mass is 35.5. The lowest BCUT2D eigenvalue weighted by Crippen LogP contribution is -2.71. The minimum atomic E-state index is -1.23. The number of carbonyl (C=O) groups is 3. The van der Waals surface area contributed by atoms with E-state index in [0.29, 0.717) is 11.3 Å². The summed E-state index contributed by atoms with van der Waals surface area (Å²) < 4.78 is 3.90. The summed E-state index contributed by atoms with van der Waals surface area (Å²) in [5.41, 5.74) is 8.37. The average Bonchev–Trinajstić information content (AvgIpc) is 3.48. The van der Waals surface area contributed by atoms with E-state index in [1.807, 2.05) is 28.0 Å². The molecule has 0 spiro atoms. The highest BCUT2D eigenvalue weighted by molar-refractivity contribution is 8.00. The van der Waals surface area contributed by atoms with E-state index in [2.05, 4.69) is 15.5 Å². The molecular formula is C23H23ClN7O6S2+. The number of oxime groups is 1. The van der Waals surface area contributed by atoms with Crippen molar-refractivity contribution in [3.63, 3.8) is 0 Å². The van der Waals surface area contributed by atoms with Gasteiger partial charge in [0.15, 0.2) is 23.6 Å². The number of aliphatic hydroxyl groups excluding tert-OH is 1. The van der Waals surface area contributed by atoms with Gasteiger partial charge in [-0.3, -0.25) is 14.5 Å². The maximum atomic E-state index is 13.1. The van der Waals surface area contributed by atoms with Gasteiger partial charge in [-0.15, -0.1) is 11.8 Å². The summed E-state index contributed by atoms with van der Waals surface area (Å²) in [5.74, 6) is -2.23. The molecule has 39 heavy (non-hydrogen) atoms. The Morgan fingerprint density at radius 3 is 2.82 bits per heavy atom. The van der Waals surface area contributed by atoms with E-state index in [0.717, 1.165) is 28.2 Å². The number of nitrogens with one attached hydrogen (secondary N) is 1. The van der Waals surface area contributed by atoms with Crippen LogP contribution in [0.15, 0.2) is 41.0 Å². The number of aliphatic carboxylic acids is 1. The fourth-order valence-electron chi connectivity index (χ4n) is 4.63. The Morgan fingerprint density at radius 1 is 1.41 bits per heavy atom. The number of nitrogen functional groups attached to an aromatic ring is 1. The van der Waals surface area contributed by atoms with E-state index in [4.69, 9.17) is 22.2 Å². The first-order valence-electron chi connectivity index (χ1n) is 11.5. The maximum absolute atomic E-state index is 13.1. The largest absolute Gasteiger partial charge is 0.477 e. The maximum Gasteiger partial charge on any atom is 0.352 e. The third-order valence-corrected chi connectivity index (χ3v) is 8.91. The number of nitrogens with two attached hydrogens (primary N) is 1. The van der Waals surface area contributed by atoms with Crippen LogP contribution in [0, 0.1) is 6.92 Å². The molecule has 16 heteroatoms. The number of carboxylic acid groups (broad SMARTS) is 1. The third-order valence-electron chi connectivity index (χ3n) is 6.48. The molecule has 5 rings (SSSR count). The Balaban J connectivity index is 1.38. The summed E-state index contributed by atoms with van der Waals surface area (Å²) in [6.45, 7) is 2.04. The number of thiazole rings is 1. The summed E-state index contributed by atoms with van der Waals surface area (Å²) in [7, 11) is 1.25. The van der Waals surface area contributed by atoms with Crippen molar-refractivity contribution in [3.05, 3.63) is 57.2 Å². The van der Waals surface area contributed by atoms with Gasteiger partial charge in [-0.25, -0.2) is 9.78 Å². The minimum absolute atomic E-state index is 0.0188. The number of hydrogen-bond acceptors (Lipinski definition) is 10.